The molecule has 294 valence electrons. The molecule has 0 spiro atoms. The first-order valence-electron chi connectivity index (χ1n) is 19.1. The molecule has 14 heteroatoms. The Hall–Kier alpha value is -5.50. The van der Waals surface area contributed by atoms with Crippen molar-refractivity contribution in [3.8, 4) is 22.2 Å². The Morgan fingerprint density at radius 1 is 1.04 bits per heavy atom. The Labute approximate surface area is 329 Å². The number of carbonyl (C=O) groups excluding carboxylic acids is 3. The molecule has 2 aliphatic heterocycles. The molecule has 5 atom stereocenters. The van der Waals surface area contributed by atoms with Crippen molar-refractivity contribution in [1.82, 2.24) is 25.5 Å². The van der Waals surface area contributed by atoms with Crippen molar-refractivity contribution in [2.24, 2.45) is 5.92 Å². The molecule has 1 saturated carbocycles. The molecule has 56 heavy (non-hydrogen) atoms. The van der Waals surface area contributed by atoms with Gasteiger partial charge in [-0.3, -0.25) is 9.59 Å². The summed E-state index contributed by atoms with van der Waals surface area (Å²) in [6.07, 6.45) is 6.01. The van der Waals surface area contributed by atoms with Crippen LogP contribution >= 0.6 is 11.3 Å². The average molecular weight is 782 g/mol. The number of carboxylic acid groups (broad SMARTS) is 1. The summed E-state index contributed by atoms with van der Waals surface area (Å²) in [4.78, 5) is 66.2. The van der Waals surface area contributed by atoms with E-state index in [-0.39, 0.29) is 31.2 Å². The molecule has 4 aromatic rings. The molecule has 4 heterocycles. The average Bonchev–Trinajstić information content (AvgIpc) is 3.45. The van der Waals surface area contributed by atoms with E-state index in [2.05, 4.69) is 10.6 Å². The van der Waals surface area contributed by atoms with E-state index in [9.17, 15) is 24.3 Å². The molecule has 13 nitrogen and oxygen atoms in total. The molecule has 7 rings (SSSR count). The number of benzene rings is 2. The number of hydrogen-bond acceptors (Lipinski definition) is 10. The van der Waals surface area contributed by atoms with Crippen molar-refractivity contribution in [2.45, 2.75) is 102 Å². The maximum absolute atomic E-state index is 14.5. The molecule has 3 aliphatic rings. The van der Waals surface area contributed by atoms with Crippen molar-refractivity contribution in [2.75, 3.05) is 6.54 Å². The summed E-state index contributed by atoms with van der Waals surface area (Å²) < 4.78 is 18.2. The minimum atomic E-state index is -1.46. The van der Waals surface area contributed by atoms with E-state index in [0.29, 0.717) is 41.9 Å². The van der Waals surface area contributed by atoms with E-state index >= 15 is 0 Å². The fourth-order valence-electron chi connectivity index (χ4n) is 7.26. The minimum absolute atomic E-state index is 0.0112. The topological polar surface area (TPSA) is 169 Å². The van der Waals surface area contributed by atoms with Gasteiger partial charge in [0, 0.05) is 18.4 Å². The maximum Gasteiger partial charge on any atom is 0.408 e. The van der Waals surface area contributed by atoms with E-state index in [0.717, 1.165) is 29.7 Å². The van der Waals surface area contributed by atoms with Crippen LogP contribution in [0.4, 0.5) is 4.79 Å². The lowest BCUT2D eigenvalue weighted by molar-refractivity contribution is -0.145. The van der Waals surface area contributed by atoms with Gasteiger partial charge < -0.3 is 34.9 Å². The fourth-order valence-corrected chi connectivity index (χ4v) is 7.96. The number of aliphatic carboxylic acids is 1. The van der Waals surface area contributed by atoms with Gasteiger partial charge in [0.1, 0.15) is 47.4 Å². The lowest BCUT2D eigenvalue weighted by atomic mass is 10.0. The van der Waals surface area contributed by atoms with Crippen LogP contribution in [-0.4, -0.2) is 79.7 Å². The highest BCUT2D eigenvalue weighted by Gasteiger charge is 2.61. The summed E-state index contributed by atoms with van der Waals surface area (Å²) in [5, 5.41) is 17.7. The fraction of sp³-hybridized carbons (Fsp3) is 0.429. The molecule has 3 N–H and O–H groups in total. The number of alkyl carbamates (subject to hydrolysis) is 1. The van der Waals surface area contributed by atoms with Gasteiger partial charge >= 0.3 is 12.1 Å². The third kappa shape index (κ3) is 8.96. The van der Waals surface area contributed by atoms with Crippen LogP contribution < -0.4 is 20.1 Å². The van der Waals surface area contributed by atoms with Crippen molar-refractivity contribution in [3.05, 3.63) is 83.8 Å². The van der Waals surface area contributed by atoms with Crippen LogP contribution in [0.3, 0.4) is 0 Å². The third-order valence-corrected chi connectivity index (χ3v) is 11.1. The first-order valence-corrected chi connectivity index (χ1v) is 20.0. The van der Waals surface area contributed by atoms with E-state index in [1.54, 1.807) is 20.8 Å². The molecule has 2 aromatic carbocycles. The number of thiophene rings is 1. The molecule has 2 fully saturated rings. The zero-order valence-electron chi connectivity index (χ0n) is 31.7. The number of nitrogens with zero attached hydrogens (tertiary/aromatic N) is 3. The number of carbonyl (C=O) groups is 4. The number of allylic oxidation sites excluding steroid dienone is 1. The van der Waals surface area contributed by atoms with E-state index < -0.39 is 53.2 Å². The summed E-state index contributed by atoms with van der Waals surface area (Å²) in [7, 11) is 0. The second-order valence-corrected chi connectivity index (χ2v) is 16.6. The quantitative estimate of drug-likeness (QED) is 0.165. The Morgan fingerprint density at radius 3 is 2.61 bits per heavy atom. The molecular weight excluding hydrogens is 735 g/mol. The number of rotatable bonds is 8. The summed E-state index contributed by atoms with van der Waals surface area (Å²) in [5.41, 5.74) is 0.434. The first-order chi connectivity index (χ1) is 26.9. The number of hydrogen-bond donors (Lipinski definition) is 3. The summed E-state index contributed by atoms with van der Waals surface area (Å²) in [6.45, 7) is 5.60. The van der Waals surface area contributed by atoms with Gasteiger partial charge in [-0.2, -0.15) is 0 Å². The molecule has 1 aliphatic carbocycles. The van der Waals surface area contributed by atoms with Crippen molar-refractivity contribution in [3.63, 3.8) is 0 Å². The largest absolute Gasteiger partial charge is 0.489 e. The highest BCUT2D eigenvalue weighted by molar-refractivity contribution is 7.13. The molecule has 0 bridgehead atoms. The van der Waals surface area contributed by atoms with Crippen LogP contribution in [0, 0.1) is 5.92 Å². The molecular formula is C42H47N5O8S. The van der Waals surface area contributed by atoms with Crippen LogP contribution in [0.25, 0.3) is 21.6 Å². The highest BCUT2D eigenvalue weighted by atomic mass is 32.1. The minimum Gasteiger partial charge on any atom is -0.489 e. The third-order valence-electron chi connectivity index (χ3n) is 10.2. The standard InChI is InChI=1S/C42H47N5O8S/c1-41(2,3)55-40(52)45-31-16-11-6-4-5-10-15-27-23-42(27,39(50)51)46-36(48)33-22-29(24-47(33)38(31)49)54-37-35(34-17-12-20-56-34)43-32-21-28(18-19-30(32)44-37)53-25-26-13-8-7-9-14-26/h7-10,12-15,17-21,27,29,31,33H,4-6,11,16,22-25H2,1-3H3,(H,45,52)(H,46,48)(H,50,51)/b15-10-/t27?,29-,31-,33?,42?/m1/s1. The molecule has 0 radical (unpaired) electrons. The smallest absolute Gasteiger partial charge is 0.408 e. The second kappa shape index (κ2) is 16.3. The zero-order valence-corrected chi connectivity index (χ0v) is 32.6. The lowest BCUT2D eigenvalue weighted by Gasteiger charge is -2.30. The number of nitrogens with one attached hydrogen (secondary N) is 2. The Bertz CT molecular complexity index is 2100. The monoisotopic (exact) mass is 781 g/mol. The van der Waals surface area contributed by atoms with E-state index in [1.165, 1.54) is 16.2 Å². The zero-order chi connectivity index (χ0) is 39.5. The summed E-state index contributed by atoms with van der Waals surface area (Å²) >= 11 is 1.47. The lowest BCUT2D eigenvalue weighted by Crippen LogP contribution is -2.56. The number of aromatic nitrogens is 2. The van der Waals surface area contributed by atoms with Crippen LogP contribution in [0.1, 0.15) is 71.3 Å². The number of ether oxygens (including phenoxy) is 3. The van der Waals surface area contributed by atoms with Crippen LogP contribution in [0.5, 0.6) is 11.6 Å². The van der Waals surface area contributed by atoms with Gasteiger partial charge in [0.05, 0.1) is 22.5 Å². The van der Waals surface area contributed by atoms with Gasteiger partial charge in [0.2, 0.25) is 17.7 Å². The molecule has 3 amide bonds. The van der Waals surface area contributed by atoms with Crippen LogP contribution in [0.2, 0.25) is 0 Å². The van der Waals surface area contributed by atoms with Crippen LogP contribution in [-0.2, 0) is 25.7 Å². The van der Waals surface area contributed by atoms with Gasteiger partial charge in [-0.1, -0.05) is 61.4 Å². The second-order valence-electron chi connectivity index (χ2n) is 15.6. The normalized spacial score (nSPS) is 24.8. The summed E-state index contributed by atoms with van der Waals surface area (Å²) in [5.74, 6) is -1.69. The van der Waals surface area contributed by atoms with Gasteiger partial charge in [-0.05, 0) is 75.6 Å². The molecule has 2 aromatic heterocycles. The van der Waals surface area contributed by atoms with E-state index in [1.807, 2.05) is 78.2 Å². The van der Waals surface area contributed by atoms with Gasteiger partial charge in [-0.25, -0.2) is 19.6 Å². The SMILES string of the molecule is CC(C)(C)OC(=O)N[C@@H]1CCCCC/C=C\C2CC2(C(=O)O)NC(=O)C2C[C@@H](Oc3nc4ccc(OCc5ccccc5)cc4nc3-c3cccs3)CN2C1=O. The van der Waals surface area contributed by atoms with E-state index in [4.69, 9.17) is 24.2 Å². The maximum atomic E-state index is 14.5. The predicted molar refractivity (Wildman–Crippen MR) is 210 cm³/mol. The van der Waals surface area contributed by atoms with Crippen molar-refractivity contribution < 1.29 is 38.5 Å². The predicted octanol–water partition coefficient (Wildman–Crippen LogP) is 6.66. The van der Waals surface area contributed by atoms with Gasteiger partial charge in [0.25, 0.3) is 0 Å². The van der Waals surface area contributed by atoms with Crippen molar-refractivity contribution in [1.29, 1.82) is 0 Å². The Kier molecular flexibility index (Phi) is 11.3. The Balaban J connectivity index is 1.18. The molecule has 1 saturated heterocycles. The number of carboxylic acids is 1. The first kappa shape index (κ1) is 38.8. The highest BCUT2D eigenvalue weighted by Crippen LogP contribution is 2.45. The summed E-state index contributed by atoms with van der Waals surface area (Å²) in [6, 6.07) is 17.1. The van der Waals surface area contributed by atoms with Gasteiger partial charge in [-0.15, -0.1) is 11.3 Å². The van der Waals surface area contributed by atoms with Gasteiger partial charge in [0.15, 0.2) is 0 Å². The Morgan fingerprint density at radius 2 is 1.86 bits per heavy atom. The number of fused-ring (bicyclic) bond motifs is 3. The van der Waals surface area contributed by atoms with Crippen LogP contribution in [0.15, 0.2) is 78.2 Å². The number of amides is 3. The molecule has 3 unspecified atom stereocenters. The van der Waals surface area contributed by atoms with Crippen molar-refractivity contribution >= 4 is 46.2 Å².